The van der Waals surface area contributed by atoms with E-state index in [1.165, 1.54) is 17.3 Å². The molecule has 0 spiro atoms. The van der Waals surface area contributed by atoms with Crippen molar-refractivity contribution in [3.8, 4) is 0 Å². The Hall–Kier alpha value is -1.86. The van der Waals surface area contributed by atoms with Crippen molar-refractivity contribution in [3.05, 3.63) is 36.2 Å². The second kappa shape index (κ2) is 7.81. The Morgan fingerprint density at radius 3 is 3.08 bits per heavy atom. The number of aromatic nitrogens is 3. The summed E-state index contributed by atoms with van der Waals surface area (Å²) in [4.78, 5) is 14.8. The highest BCUT2D eigenvalue weighted by Crippen LogP contribution is 2.30. The number of amides is 1. The predicted octanol–water partition coefficient (Wildman–Crippen LogP) is 2.38. The van der Waals surface area contributed by atoms with Gasteiger partial charge in [-0.25, -0.2) is 0 Å². The summed E-state index contributed by atoms with van der Waals surface area (Å²) >= 11 is 1.45. The highest BCUT2D eigenvalue weighted by Gasteiger charge is 2.27. The molecule has 1 aromatic heterocycles. The van der Waals surface area contributed by atoms with Crippen LogP contribution in [-0.4, -0.2) is 46.2 Å². The van der Waals surface area contributed by atoms with Crippen LogP contribution in [0, 0.1) is 0 Å². The van der Waals surface area contributed by atoms with Gasteiger partial charge in [0.2, 0.25) is 5.91 Å². The first-order valence-electron chi connectivity index (χ1n) is 8.13. The van der Waals surface area contributed by atoms with Crippen molar-refractivity contribution in [1.29, 1.82) is 0 Å². The van der Waals surface area contributed by atoms with Crippen LogP contribution < -0.4 is 4.90 Å². The summed E-state index contributed by atoms with van der Waals surface area (Å²) in [6.45, 7) is 3.98. The van der Waals surface area contributed by atoms with Crippen LogP contribution in [0.1, 0.15) is 18.9 Å². The number of hydrogen-bond acceptors (Lipinski definition) is 5. The number of fused-ring (bicyclic) bond motifs is 1. The lowest BCUT2D eigenvalue weighted by Gasteiger charge is -2.31. The SMILES string of the molecule is COCCn1cnnc1SC(C)C(=O)N1CCCc2ccccc21. The molecule has 0 radical (unpaired) electrons. The largest absolute Gasteiger partial charge is 0.383 e. The molecule has 128 valence electrons. The molecule has 7 heteroatoms. The molecule has 0 aliphatic carbocycles. The van der Waals surface area contributed by atoms with E-state index < -0.39 is 0 Å². The zero-order valence-electron chi connectivity index (χ0n) is 14.0. The summed E-state index contributed by atoms with van der Waals surface area (Å²) in [7, 11) is 1.66. The number of aryl methyl sites for hydroxylation is 1. The van der Waals surface area contributed by atoms with E-state index in [1.54, 1.807) is 13.4 Å². The molecular formula is C17H22N4O2S. The zero-order valence-corrected chi connectivity index (χ0v) is 14.8. The van der Waals surface area contributed by atoms with Gasteiger partial charge in [-0.2, -0.15) is 0 Å². The second-order valence-corrected chi connectivity index (χ2v) is 7.09. The molecule has 6 nitrogen and oxygen atoms in total. The molecule has 1 unspecified atom stereocenters. The Bertz CT molecular complexity index is 703. The average molecular weight is 346 g/mol. The van der Waals surface area contributed by atoms with E-state index in [2.05, 4.69) is 16.3 Å². The molecule has 0 saturated carbocycles. The van der Waals surface area contributed by atoms with Crippen molar-refractivity contribution in [2.75, 3.05) is 25.2 Å². The van der Waals surface area contributed by atoms with Crippen molar-refractivity contribution < 1.29 is 9.53 Å². The van der Waals surface area contributed by atoms with E-state index in [0.29, 0.717) is 13.2 Å². The van der Waals surface area contributed by atoms with Gasteiger partial charge in [0.15, 0.2) is 5.16 Å². The van der Waals surface area contributed by atoms with Crippen molar-refractivity contribution >= 4 is 23.4 Å². The second-order valence-electron chi connectivity index (χ2n) is 5.78. The summed E-state index contributed by atoms with van der Waals surface area (Å²) in [5, 5.41) is 8.61. The Morgan fingerprint density at radius 2 is 2.25 bits per heavy atom. The predicted molar refractivity (Wildman–Crippen MR) is 94.3 cm³/mol. The van der Waals surface area contributed by atoms with Crippen LogP contribution in [0.4, 0.5) is 5.69 Å². The lowest BCUT2D eigenvalue weighted by Crippen LogP contribution is -2.40. The van der Waals surface area contributed by atoms with Crippen LogP contribution in [0.25, 0.3) is 0 Å². The fourth-order valence-electron chi connectivity index (χ4n) is 2.87. The number of carbonyl (C=O) groups is 1. The number of benzene rings is 1. The van der Waals surface area contributed by atoms with Crippen molar-refractivity contribution in [2.45, 2.75) is 36.7 Å². The number of nitrogens with zero attached hydrogens (tertiary/aromatic N) is 4. The van der Waals surface area contributed by atoms with Crippen LogP contribution in [-0.2, 0) is 22.5 Å². The van der Waals surface area contributed by atoms with Crippen LogP contribution in [0.3, 0.4) is 0 Å². The quantitative estimate of drug-likeness (QED) is 0.752. The number of thioether (sulfide) groups is 1. The summed E-state index contributed by atoms with van der Waals surface area (Å²) in [5.41, 5.74) is 2.29. The molecular weight excluding hydrogens is 324 g/mol. The number of methoxy groups -OCH3 is 1. The van der Waals surface area contributed by atoms with Gasteiger partial charge in [0.1, 0.15) is 6.33 Å². The normalized spacial score (nSPS) is 15.2. The topological polar surface area (TPSA) is 60.2 Å². The minimum Gasteiger partial charge on any atom is -0.383 e. The van der Waals surface area contributed by atoms with Gasteiger partial charge in [-0.1, -0.05) is 30.0 Å². The maximum absolute atomic E-state index is 12.9. The summed E-state index contributed by atoms with van der Waals surface area (Å²) in [6.07, 6.45) is 3.71. The lowest BCUT2D eigenvalue weighted by molar-refractivity contribution is -0.117. The Morgan fingerprint density at radius 1 is 1.42 bits per heavy atom. The molecule has 3 rings (SSSR count). The minimum absolute atomic E-state index is 0.119. The van der Waals surface area contributed by atoms with Gasteiger partial charge >= 0.3 is 0 Å². The molecule has 0 saturated heterocycles. The third kappa shape index (κ3) is 3.62. The minimum atomic E-state index is -0.221. The van der Waals surface area contributed by atoms with Crippen LogP contribution in [0.15, 0.2) is 35.7 Å². The zero-order chi connectivity index (χ0) is 16.9. The van der Waals surface area contributed by atoms with Crippen molar-refractivity contribution in [1.82, 2.24) is 14.8 Å². The van der Waals surface area contributed by atoms with Crippen LogP contribution in [0.2, 0.25) is 0 Å². The van der Waals surface area contributed by atoms with E-state index in [4.69, 9.17) is 4.74 Å². The molecule has 1 aromatic carbocycles. The van der Waals surface area contributed by atoms with Crippen molar-refractivity contribution in [3.63, 3.8) is 0 Å². The van der Waals surface area contributed by atoms with Gasteiger partial charge in [-0.05, 0) is 31.4 Å². The van der Waals surface area contributed by atoms with Gasteiger partial charge in [0.25, 0.3) is 0 Å². The van der Waals surface area contributed by atoms with Gasteiger partial charge in [-0.3, -0.25) is 4.79 Å². The number of para-hydroxylation sites is 1. The Balaban J connectivity index is 1.71. The van der Waals surface area contributed by atoms with Crippen molar-refractivity contribution in [2.24, 2.45) is 0 Å². The highest BCUT2D eigenvalue weighted by atomic mass is 32.2. The maximum Gasteiger partial charge on any atom is 0.240 e. The van der Waals surface area contributed by atoms with E-state index in [1.807, 2.05) is 34.6 Å². The van der Waals surface area contributed by atoms with Crippen LogP contribution in [0.5, 0.6) is 0 Å². The number of rotatable bonds is 6. The third-order valence-electron chi connectivity index (χ3n) is 4.12. The number of anilines is 1. The first kappa shape index (κ1) is 17.0. The van der Waals surface area contributed by atoms with E-state index in [0.717, 1.165) is 30.2 Å². The fourth-order valence-corrected chi connectivity index (χ4v) is 3.78. The first-order valence-corrected chi connectivity index (χ1v) is 9.01. The molecule has 1 atom stereocenters. The fraction of sp³-hybridized carbons (Fsp3) is 0.471. The Kier molecular flexibility index (Phi) is 5.52. The standard InChI is InChI=1S/C17H22N4O2S/c1-13(24-17-19-18-12-20(17)10-11-23-2)16(22)21-9-5-7-14-6-3-4-8-15(14)21/h3-4,6,8,12-13H,5,7,9-11H2,1-2H3. The molecule has 2 aromatic rings. The smallest absolute Gasteiger partial charge is 0.240 e. The lowest BCUT2D eigenvalue weighted by atomic mass is 10.0. The molecule has 2 heterocycles. The molecule has 1 aliphatic heterocycles. The Labute approximate surface area is 146 Å². The van der Waals surface area contributed by atoms with Gasteiger partial charge in [-0.15, -0.1) is 10.2 Å². The molecule has 0 fully saturated rings. The third-order valence-corrected chi connectivity index (χ3v) is 5.20. The monoisotopic (exact) mass is 346 g/mol. The molecule has 0 N–H and O–H groups in total. The maximum atomic E-state index is 12.9. The number of carbonyl (C=O) groups excluding carboxylic acids is 1. The molecule has 24 heavy (non-hydrogen) atoms. The van der Waals surface area contributed by atoms with Gasteiger partial charge in [0.05, 0.1) is 11.9 Å². The molecule has 1 amide bonds. The van der Waals surface area contributed by atoms with E-state index in [-0.39, 0.29) is 11.2 Å². The highest BCUT2D eigenvalue weighted by molar-refractivity contribution is 8.00. The molecule has 1 aliphatic rings. The van der Waals surface area contributed by atoms with Gasteiger partial charge < -0.3 is 14.2 Å². The summed E-state index contributed by atoms with van der Waals surface area (Å²) in [5.74, 6) is 0.119. The van der Waals surface area contributed by atoms with Gasteiger partial charge in [0, 0.05) is 25.9 Å². The van der Waals surface area contributed by atoms with Crippen LogP contribution >= 0.6 is 11.8 Å². The van der Waals surface area contributed by atoms with E-state index in [9.17, 15) is 4.79 Å². The first-order chi connectivity index (χ1) is 11.7. The molecule has 0 bridgehead atoms. The number of hydrogen-bond donors (Lipinski definition) is 0. The summed E-state index contributed by atoms with van der Waals surface area (Å²) < 4.78 is 7.01. The number of ether oxygens (including phenoxy) is 1. The summed E-state index contributed by atoms with van der Waals surface area (Å²) in [6, 6.07) is 8.16. The average Bonchev–Trinajstić information content (AvgIpc) is 3.05. The van der Waals surface area contributed by atoms with E-state index >= 15 is 0 Å².